The zero-order chi connectivity index (χ0) is 8.36. The van der Waals surface area contributed by atoms with Gasteiger partial charge in [0, 0.05) is 0 Å². The van der Waals surface area contributed by atoms with E-state index >= 15 is 0 Å². The third-order valence-electron chi connectivity index (χ3n) is 0.614. The van der Waals surface area contributed by atoms with Gasteiger partial charge < -0.3 is 5.11 Å². The maximum absolute atomic E-state index is 11.3. The van der Waals surface area contributed by atoms with Crippen LogP contribution in [0, 0.1) is 40.4 Å². The fourth-order valence-electron chi connectivity index (χ4n) is 0.266. The van der Waals surface area contributed by atoms with Crippen LogP contribution in [0.4, 0.5) is 13.2 Å². The molecule has 11 heavy (non-hydrogen) atoms. The first-order valence-corrected chi connectivity index (χ1v) is 2.30. The number of alkyl halides is 3. The minimum absolute atomic E-state index is 0. The molecule has 6 heteroatoms. The molecule has 0 N–H and O–H groups in total. The Hall–Kier alpha value is 0.338. The molecule has 2 nitrogen and oxygen atoms in total. The van der Waals surface area contributed by atoms with Crippen molar-refractivity contribution < 1.29 is 63.5 Å². The Morgan fingerprint density at radius 1 is 1.45 bits per heavy atom. The average Bonchev–Trinajstić information content (AvgIpc) is 1.60. The normalized spacial score (nSPS) is 12.2. The van der Waals surface area contributed by atoms with Crippen LogP contribution in [0.1, 0.15) is 6.92 Å². The number of ketones is 1. The second-order valence-electron chi connectivity index (χ2n) is 1.62. The van der Waals surface area contributed by atoms with Gasteiger partial charge in [0.1, 0.15) is 0 Å². The van der Waals surface area contributed by atoms with Crippen molar-refractivity contribution in [1.29, 1.82) is 0 Å². The average molecular weight is 303 g/mol. The van der Waals surface area contributed by atoms with Crippen LogP contribution in [0.5, 0.6) is 0 Å². The number of carbonyl (C=O) groups excluding carboxylic acids is 1. The van der Waals surface area contributed by atoms with Gasteiger partial charge in [-0.05, 0) is 18.8 Å². The van der Waals surface area contributed by atoms with Gasteiger partial charge in [0.2, 0.25) is 0 Å². The molecule has 61 valence electrons. The molecule has 0 heterocycles. The molecule has 0 aromatic carbocycles. The van der Waals surface area contributed by atoms with E-state index in [2.05, 4.69) is 0 Å². The van der Waals surface area contributed by atoms with Crippen LogP contribution in [0.3, 0.4) is 0 Å². The van der Waals surface area contributed by atoms with Crippen molar-refractivity contribution in [3.05, 3.63) is 11.8 Å². The van der Waals surface area contributed by atoms with Crippen LogP contribution in [0.2, 0.25) is 0 Å². The monoisotopic (exact) mass is 305 g/mol. The molecule has 0 rings (SSSR count). The zero-order valence-electron chi connectivity index (χ0n) is 5.44. The van der Waals surface area contributed by atoms with Crippen LogP contribution >= 0.6 is 0 Å². The molecule has 0 atom stereocenters. The summed E-state index contributed by atoms with van der Waals surface area (Å²) in [5, 5.41) is 9.87. The summed E-state index contributed by atoms with van der Waals surface area (Å²) < 4.78 is 33.8. The maximum atomic E-state index is 11.3. The molecular formula is C5H4F3O2Sm+2. The molecule has 0 aliphatic heterocycles. The quantitative estimate of drug-likeness (QED) is 0.519. The number of rotatable bonds is 1. The standard InChI is InChI=1S/C5H5F3O2.Sm/c1-3(9)2-4(10)5(6,7)8;/h2,10H,1H3;/q;+3/p-1/b4-2-;. The Morgan fingerprint density at radius 2 is 1.82 bits per heavy atom. The van der Waals surface area contributed by atoms with E-state index in [0.717, 1.165) is 6.92 Å². The van der Waals surface area contributed by atoms with Crippen LogP contribution in [0.15, 0.2) is 11.8 Å². The Balaban J connectivity index is 0. The molecule has 0 bridgehead atoms. The topological polar surface area (TPSA) is 40.1 Å². The first-order chi connectivity index (χ1) is 4.34. The fraction of sp³-hybridized carbons (Fsp3) is 0.400. The number of hydrogen-bond donors (Lipinski definition) is 0. The summed E-state index contributed by atoms with van der Waals surface area (Å²) in [6.07, 6.45) is -4.91. The fourth-order valence-corrected chi connectivity index (χ4v) is 0.266. The number of allylic oxidation sites excluding steroid dienone is 2. The van der Waals surface area contributed by atoms with Gasteiger partial charge in [-0.2, -0.15) is 13.2 Å². The van der Waals surface area contributed by atoms with Gasteiger partial charge >= 0.3 is 46.6 Å². The number of carbonyl (C=O) groups is 1. The van der Waals surface area contributed by atoms with E-state index in [1.165, 1.54) is 0 Å². The predicted octanol–water partition coefficient (Wildman–Crippen LogP) is 0.382. The van der Waals surface area contributed by atoms with Crippen molar-refractivity contribution in [3.63, 3.8) is 0 Å². The molecule has 0 saturated heterocycles. The first-order valence-electron chi connectivity index (χ1n) is 2.30. The molecule has 1 radical (unpaired) electrons. The van der Waals surface area contributed by atoms with E-state index in [9.17, 15) is 23.1 Å². The summed E-state index contributed by atoms with van der Waals surface area (Å²) in [4.78, 5) is 9.92. The van der Waals surface area contributed by atoms with Crippen molar-refractivity contribution in [2.75, 3.05) is 0 Å². The molecule has 0 amide bonds. The largest absolute Gasteiger partial charge is 3.00 e. The van der Waals surface area contributed by atoms with Crippen molar-refractivity contribution in [3.8, 4) is 0 Å². The van der Waals surface area contributed by atoms with Gasteiger partial charge in [-0.15, -0.1) is 0 Å². The third kappa shape index (κ3) is 6.72. The van der Waals surface area contributed by atoms with E-state index < -0.39 is 17.7 Å². The zero-order valence-corrected chi connectivity index (χ0v) is 8.06. The molecular weight excluding hydrogens is 299 g/mol. The van der Waals surface area contributed by atoms with Crippen LogP contribution in [-0.2, 0) is 4.79 Å². The smallest absolute Gasteiger partial charge is 0.869 e. The van der Waals surface area contributed by atoms with Gasteiger partial charge in [-0.25, -0.2) is 0 Å². The Kier molecular flexibility index (Phi) is 6.40. The summed E-state index contributed by atoms with van der Waals surface area (Å²) in [5.74, 6) is -3.01. The van der Waals surface area contributed by atoms with Gasteiger partial charge in [0.05, 0.1) is 0 Å². The second kappa shape index (κ2) is 5.07. The Labute approximate surface area is 93.6 Å². The van der Waals surface area contributed by atoms with Gasteiger partial charge in [-0.1, -0.05) is 0 Å². The molecule has 0 aliphatic rings. The molecule has 0 aromatic rings. The van der Waals surface area contributed by atoms with E-state index in [-0.39, 0.29) is 46.5 Å². The summed E-state index contributed by atoms with van der Waals surface area (Å²) in [5.41, 5.74) is 0. The van der Waals surface area contributed by atoms with Gasteiger partial charge in [0.15, 0.2) is 5.78 Å². The number of halogens is 3. The summed E-state index contributed by atoms with van der Waals surface area (Å²) >= 11 is 0. The van der Waals surface area contributed by atoms with E-state index in [1.54, 1.807) is 0 Å². The van der Waals surface area contributed by atoms with Crippen molar-refractivity contribution in [2.45, 2.75) is 13.1 Å². The Bertz CT molecular complexity index is 173. The summed E-state index contributed by atoms with van der Waals surface area (Å²) in [6.45, 7) is 0.879. The van der Waals surface area contributed by atoms with E-state index in [4.69, 9.17) is 0 Å². The van der Waals surface area contributed by atoms with E-state index in [1.807, 2.05) is 0 Å². The predicted molar refractivity (Wildman–Crippen MR) is 24.8 cm³/mol. The molecule has 0 fully saturated rings. The maximum Gasteiger partial charge on any atom is 3.00 e. The molecule has 0 spiro atoms. The van der Waals surface area contributed by atoms with Gasteiger partial charge in [-0.3, -0.25) is 4.79 Å². The van der Waals surface area contributed by atoms with Crippen molar-refractivity contribution in [2.24, 2.45) is 0 Å². The van der Waals surface area contributed by atoms with Crippen LogP contribution < -0.4 is 5.11 Å². The summed E-state index contributed by atoms with van der Waals surface area (Å²) in [7, 11) is 0. The van der Waals surface area contributed by atoms with Crippen LogP contribution in [0.25, 0.3) is 0 Å². The molecule has 0 saturated carbocycles. The number of hydrogen-bond acceptors (Lipinski definition) is 2. The SMILES string of the molecule is CC(=O)/C=C(\[O-])C(F)(F)F.[Sm+3]. The Morgan fingerprint density at radius 3 is 1.91 bits per heavy atom. The van der Waals surface area contributed by atoms with Crippen molar-refractivity contribution in [1.82, 2.24) is 0 Å². The van der Waals surface area contributed by atoms with Gasteiger partial charge in [0.25, 0.3) is 0 Å². The first kappa shape index (κ1) is 13.9. The summed E-state index contributed by atoms with van der Waals surface area (Å²) in [6, 6.07) is 0. The minimum Gasteiger partial charge on any atom is -0.869 e. The van der Waals surface area contributed by atoms with Crippen LogP contribution in [-0.4, -0.2) is 12.0 Å². The second-order valence-corrected chi connectivity index (χ2v) is 1.62. The third-order valence-corrected chi connectivity index (χ3v) is 0.614. The molecule has 0 unspecified atom stereocenters. The molecule has 0 aliphatic carbocycles. The molecule has 0 aromatic heterocycles. The van der Waals surface area contributed by atoms with E-state index in [0.29, 0.717) is 0 Å². The van der Waals surface area contributed by atoms with Crippen molar-refractivity contribution >= 4 is 5.78 Å². The minimum atomic E-state index is -4.92.